The fourth-order valence-corrected chi connectivity index (χ4v) is 1.61. The van der Waals surface area contributed by atoms with Crippen molar-refractivity contribution in [2.24, 2.45) is 0 Å². The van der Waals surface area contributed by atoms with E-state index in [9.17, 15) is 9.90 Å². The van der Waals surface area contributed by atoms with Crippen molar-refractivity contribution in [3.8, 4) is 17.6 Å². The van der Waals surface area contributed by atoms with Gasteiger partial charge in [-0.25, -0.2) is 0 Å². The first-order valence-electron chi connectivity index (χ1n) is 5.65. The second kappa shape index (κ2) is 5.27. The van der Waals surface area contributed by atoms with Crippen LogP contribution in [0.1, 0.15) is 16.8 Å². The summed E-state index contributed by atoms with van der Waals surface area (Å²) in [5.41, 5.74) is 1.10. The van der Waals surface area contributed by atoms with Crippen LogP contribution in [0.4, 0.5) is 0 Å². The number of hydrogen-bond acceptors (Lipinski definition) is 4. The molecule has 5 nitrogen and oxygen atoms in total. The number of aromatic nitrogens is 1. The Kier molecular flexibility index (Phi) is 3.53. The fourth-order valence-electron chi connectivity index (χ4n) is 1.61. The first-order valence-corrected chi connectivity index (χ1v) is 5.65. The minimum atomic E-state index is -0.529. The molecule has 0 bridgehead atoms. The van der Waals surface area contributed by atoms with Gasteiger partial charge in [-0.2, -0.15) is 5.26 Å². The minimum absolute atomic E-state index is 0.183. The zero-order chi connectivity index (χ0) is 13.8. The van der Waals surface area contributed by atoms with Gasteiger partial charge >= 0.3 is 0 Å². The number of nitrogens with zero attached hydrogens (tertiary/aromatic N) is 1. The molecule has 2 N–H and O–H groups in total. The van der Waals surface area contributed by atoms with Crippen molar-refractivity contribution in [2.45, 2.75) is 13.5 Å². The summed E-state index contributed by atoms with van der Waals surface area (Å²) >= 11 is 0. The van der Waals surface area contributed by atoms with Gasteiger partial charge in [0.15, 0.2) is 5.75 Å². The zero-order valence-electron chi connectivity index (χ0n) is 10.3. The van der Waals surface area contributed by atoms with Gasteiger partial charge in [0.05, 0.1) is 17.3 Å². The topological polar surface area (TPSA) is 86.1 Å². The van der Waals surface area contributed by atoms with E-state index < -0.39 is 5.56 Å². The Hall–Kier alpha value is -2.74. The highest BCUT2D eigenvalue weighted by Crippen LogP contribution is 2.14. The van der Waals surface area contributed by atoms with Gasteiger partial charge in [-0.05, 0) is 42.8 Å². The Morgan fingerprint density at radius 2 is 2.05 bits per heavy atom. The molecular formula is C14H12N2O3. The number of rotatable bonds is 3. The van der Waals surface area contributed by atoms with Crippen molar-refractivity contribution in [2.75, 3.05) is 0 Å². The third kappa shape index (κ3) is 2.93. The molecule has 1 aromatic heterocycles. The summed E-state index contributed by atoms with van der Waals surface area (Å²) in [5, 5.41) is 18.0. The van der Waals surface area contributed by atoms with E-state index in [2.05, 4.69) is 4.98 Å². The monoisotopic (exact) mass is 256 g/mol. The van der Waals surface area contributed by atoms with Crippen LogP contribution in [0.5, 0.6) is 11.5 Å². The lowest BCUT2D eigenvalue weighted by Gasteiger charge is -2.07. The average Bonchev–Trinajstić information content (AvgIpc) is 2.43. The first kappa shape index (κ1) is 12.7. The van der Waals surface area contributed by atoms with Crippen LogP contribution in [0, 0.1) is 18.3 Å². The van der Waals surface area contributed by atoms with Crippen LogP contribution in [-0.2, 0) is 6.61 Å². The highest BCUT2D eigenvalue weighted by Gasteiger charge is 2.04. The molecule has 0 aliphatic carbocycles. The number of pyridine rings is 1. The smallest absolute Gasteiger partial charge is 0.290 e. The van der Waals surface area contributed by atoms with Gasteiger partial charge in [-0.3, -0.25) is 4.79 Å². The predicted molar refractivity (Wildman–Crippen MR) is 69.0 cm³/mol. The number of aromatic hydroxyl groups is 1. The summed E-state index contributed by atoms with van der Waals surface area (Å²) in [7, 11) is 0. The molecule has 0 spiro atoms. The summed E-state index contributed by atoms with van der Waals surface area (Å²) in [6.45, 7) is 1.83. The second-order valence-corrected chi connectivity index (χ2v) is 4.08. The van der Waals surface area contributed by atoms with E-state index in [1.807, 2.05) is 6.07 Å². The molecule has 19 heavy (non-hydrogen) atoms. The van der Waals surface area contributed by atoms with Crippen LogP contribution < -0.4 is 10.3 Å². The van der Waals surface area contributed by atoms with Crippen LogP contribution in [0.25, 0.3) is 0 Å². The summed E-state index contributed by atoms with van der Waals surface area (Å²) in [6, 6.07) is 10.3. The fraction of sp³-hybridized carbons (Fsp3) is 0.143. The molecule has 0 aliphatic heterocycles. The van der Waals surface area contributed by atoms with Crippen molar-refractivity contribution in [1.82, 2.24) is 4.98 Å². The van der Waals surface area contributed by atoms with Gasteiger partial charge in [0.1, 0.15) is 12.4 Å². The highest BCUT2D eigenvalue weighted by molar-refractivity contribution is 5.35. The van der Waals surface area contributed by atoms with E-state index in [-0.39, 0.29) is 12.4 Å². The molecular weight excluding hydrogens is 244 g/mol. The standard InChI is InChI=1S/C14H12N2O3/c1-9-6-11(16-14(18)13(9)17)8-19-12-4-2-10(7-15)3-5-12/h2-6,17H,8H2,1H3,(H,16,18). The predicted octanol–water partition coefficient (Wildman–Crippen LogP) is 1.84. The van der Waals surface area contributed by atoms with Crippen molar-refractivity contribution in [3.63, 3.8) is 0 Å². The van der Waals surface area contributed by atoms with Gasteiger partial charge in [0, 0.05) is 0 Å². The van der Waals surface area contributed by atoms with E-state index in [1.165, 1.54) is 0 Å². The molecule has 0 fully saturated rings. The van der Waals surface area contributed by atoms with E-state index in [0.29, 0.717) is 22.6 Å². The molecule has 0 saturated carbocycles. The van der Waals surface area contributed by atoms with E-state index in [4.69, 9.17) is 10.00 Å². The van der Waals surface area contributed by atoms with Gasteiger partial charge < -0.3 is 14.8 Å². The average molecular weight is 256 g/mol. The molecule has 1 heterocycles. The molecule has 0 radical (unpaired) electrons. The number of aromatic amines is 1. The Balaban J connectivity index is 2.10. The van der Waals surface area contributed by atoms with Crippen LogP contribution in [-0.4, -0.2) is 10.1 Å². The lowest BCUT2D eigenvalue weighted by Crippen LogP contribution is -2.11. The summed E-state index contributed by atoms with van der Waals surface area (Å²) in [6.07, 6.45) is 0. The third-order valence-corrected chi connectivity index (χ3v) is 2.63. The van der Waals surface area contributed by atoms with Crippen LogP contribution in [0.2, 0.25) is 0 Å². The number of nitrogens with one attached hydrogen (secondary N) is 1. The Labute approximate surface area is 109 Å². The Bertz CT molecular complexity index is 681. The first-order chi connectivity index (χ1) is 9.10. The Morgan fingerprint density at radius 3 is 2.63 bits per heavy atom. The normalized spacial score (nSPS) is 9.89. The van der Waals surface area contributed by atoms with Crippen LogP contribution >= 0.6 is 0 Å². The highest BCUT2D eigenvalue weighted by atomic mass is 16.5. The van der Waals surface area contributed by atoms with Crippen molar-refractivity contribution in [1.29, 1.82) is 5.26 Å². The minimum Gasteiger partial charge on any atom is -0.503 e. The quantitative estimate of drug-likeness (QED) is 0.877. The lowest BCUT2D eigenvalue weighted by molar-refractivity contribution is 0.300. The van der Waals surface area contributed by atoms with E-state index in [0.717, 1.165) is 0 Å². The second-order valence-electron chi connectivity index (χ2n) is 4.08. The van der Waals surface area contributed by atoms with Crippen LogP contribution in [0.15, 0.2) is 35.1 Å². The molecule has 0 saturated heterocycles. The molecule has 0 aliphatic rings. The van der Waals surface area contributed by atoms with Gasteiger partial charge in [-0.15, -0.1) is 0 Å². The molecule has 2 rings (SSSR count). The number of ether oxygens (including phenoxy) is 1. The Morgan fingerprint density at radius 1 is 1.37 bits per heavy atom. The van der Waals surface area contributed by atoms with Crippen molar-refractivity contribution < 1.29 is 9.84 Å². The largest absolute Gasteiger partial charge is 0.503 e. The summed E-state index contributed by atoms with van der Waals surface area (Å²) in [5.74, 6) is 0.327. The lowest BCUT2D eigenvalue weighted by atomic mass is 10.2. The number of hydrogen-bond donors (Lipinski definition) is 2. The van der Waals surface area contributed by atoms with E-state index >= 15 is 0 Å². The number of nitriles is 1. The third-order valence-electron chi connectivity index (χ3n) is 2.63. The molecule has 5 heteroatoms. The molecule has 0 atom stereocenters. The van der Waals surface area contributed by atoms with Gasteiger partial charge in [-0.1, -0.05) is 0 Å². The van der Waals surface area contributed by atoms with Gasteiger partial charge in [0.25, 0.3) is 5.56 Å². The van der Waals surface area contributed by atoms with Gasteiger partial charge in [0.2, 0.25) is 0 Å². The summed E-state index contributed by atoms with van der Waals surface area (Å²) < 4.78 is 5.48. The SMILES string of the molecule is Cc1cc(COc2ccc(C#N)cc2)[nH]c(=O)c1O. The molecule has 0 amide bonds. The van der Waals surface area contributed by atoms with Crippen molar-refractivity contribution >= 4 is 0 Å². The summed E-state index contributed by atoms with van der Waals surface area (Å²) in [4.78, 5) is 13.9. The zero-order valence-corrected chi connectivity index (χ0v) is 10.3. The number of H-pyrrole nitrogens is 1. The number of benzene rings is 1. The molecule has 1 aromatic carbocycles. The number of aryl methyl sites for hydroxylation is 1. The maximum absolute atomic E-state index is 11.4. The maximum atomic E-state index is 11.4. The van der Waals surface area contributed by atoms with E-state index in [1.54, 1.807) is 37.3 Å². The molecule has 2 aromatic rings. The molecule has 96 valence electrons. The maximum Gasteiger partial charge on any atom is 0.290 e. The van der Waals surface area contributed by atoms with Crippen molar-refractivity contribution in [3.05, 3.63) is 57.5 Å². The van der Waals surface area contributed by atoms with Crippen LogP contribution in [0.3, 0.4) is 0 Å². The molecule has 0 unspecified atom stereocenters.